The van der Waals surface area contributed by atoms with Crippen molar-refractivity contribution < 1.29 is 4.52 Å². The summed E-state index contributed by atoms with van der Waals surface area (Å²) in [5, 5.41) is 8.26. The number of aromatic nitrogens is 2. The van der Waals surface area contributed by atoms with Crippen molar-refractivity contribution in [2.45, 2.75) is 26.4 Å². The first-order valence-electron chi connectivity index (χ1n) is 6.47. The normalized spacial score (nSPS) is 11.1. The van der Waals surface area contributed by atoms with Gasteiger partial charge in [-0.1, -0.05) is 12.1 Å². The lowest BCUT2D eigenvalue weighted by molar-refractivity contribution is 0.391. The molecule has 0 amide bonds. The van der Waals surface area contributed by atoms with Gasteiger partial charge in [0.15, 0.2) is 5.96 Å². The fourth-order valence-electron chi connectivity index (χ4n) is 1.77. The van der Waals surface area contributed by atoms with E-state index >= 15 is 0 Å². The molecule has 0 saturated heterocycles. The second kappa shape index (κ2) is 8.98. The minimum Gasteiger partial charge on any atom is -0.364 e. The Morgan fingerprint density at radius 3 is 2.90 bits per heavy atom. The third kappa shape index (κ3) is 5.27. The molecule has 2 aromatic heterocycles. The Labute approximate surface area is 145 Å². The zero-order valence-corrected chi connectivity index (χ0v) is 15.5. The molecule has 0 fully saturated rings. The first-order chi connectivity index (χ1) is 9.72. The van der Waals surface area contributed by atoms with Crippen molar-refractivity contribution in [3.05, 3.63) is 34.1 Å². The largest absolute Gasteiger partial charge is 0.364 e. The summed E-state index contributed by atoms with van der Waals surface area (Å²) in [6.07, 6.45) is 4.53. The zero-order valence-electron chi connectivity index (χ0n) is 12.4. The maximum absolute atomic E-state index is 4.83. The standard InChI is InChI=1S/C13H19N5OS.HI/c1-4-11-7-15-12(20-11)8-16-13(14-2)18(3)9-10-5-6-19-17-10;/h5-7H,4,8-9H2,1-3H3,(H,14,16);1H. The van der Waals surface area contributed by atoms with Crippen LogP contribution in [0.3, 0.4) is 0 Å². The van der Waals surface area contributed by atoms with Gasteiger partial charge in [0.2, 0.25) is 0 Å². The molecule has 2 aromatic rings. The number of aryl methyl sites for hydroxylation is 1. The molecule has 8 heteroatoms. The maximum atomic E-state index is 4.83. The van der Waals surface area contributed by atoms with E-state index in [1.807, 2.05) is 24.2 Å². The predicted octanol–water partition coefficient (Wildman–Crippen LogP) is 2.52. The van der Waals surface area contributed by atoms with Crippen LogP contribution in [0.2, 0.25) is 0 Å². The molecule has 0 saturated carbocycles. The van der Waals surface area contributed by atoms with E-state index in [4.69, 9.17) is 4.52 Å². The summed E-state index contributed by atoms with van der Waals surface area (Å²) in [6, 6.07) is 1.85. The van der Waals surface area contributed by atoms with E-state index in [1.54, 1.807) is 24.6 Å². The minimum atomic E-state index is 0. The quantitative estimate of drug-likeness (QED) is 0.457. The topological polar surface area (TPSA) is 66.6 Å². The average molecular weight is 421 g/mol. The van der Waals surface area contributed by atoms with Crippen LogP contribution in [0.4, 0.5) is 0 Å². The summed E-state index contributed by atoms with van der Waals surface area (Å²) >= 11 is 1.73. The first-order valence-corrected chi connectivity index (χ1v) is 7.29. The molecule has 21 heavy (non-hydrogen) atoms. The molecule has 2 heterocycles. The van der Waals surface area contributed by atoms with Crippen molar-refractivity contribution >= 4 is 41.3 Å². The highest BCUT2D eigenvalue weighted by atomic mass is 127. The lowest BCUT2D eigenvalue weighted by Gasteiger charge is -2.20. The first kappa shape index (κ1) is 17.9. The molecule has 116 valence electrons. The number of guanidine groups is 1. The summed E-state index contributed by atoms with van der Waals surface area (Å²) in [6.45, 7) is 3.46. The molecule has 0 aromatic carbocycles. The number of halogens is 1. The van der Waals surface area contributed by atoms with Crippen LogP contribution in [0, 0.1) is 0 Å². The van der Waals surface area contributed by atoms with E-state index < -0.39 is 0 Å². The smallest absolute Gasteiger partial charge is 0.194 e. The number of aliphatic imine (C=N–C) groups is 1. The number of hydrogen-bond acceptors (Lipinski definition) is 5. The molecule has 0 atom stereocenters. The van der Waals surface area contributed by atoms with Gasteiger partial charge in [-0.2, -0.15) is 0 Å². The molecule has 0 aliphatic heterocycles. The summed E-state index contributed by atoms with van der Waals surface area (Å²) < 4.78 is 4.83. The zero-order chi connectivity index (χ0) is 14.4. The van der Waals surface area contributed by atoms with Crippen LogP contribution in [-0.2, 0) is 19.5 Å². The van der Waals surface area contributed by atoms with Gasteiger partial charge >= 0.3 is 0 Å². The van der Waals surface area contributed by atoms with E-state index in [0.717, 1.165) is 23.1 Å². The lowest BCUT2D eigenvalue weighted by Crippen LogP contribution is -2.38. The van der Waals surface area contributed by atoms with Gasteiger partial charge < -0.3 is 14.7 Å². The second-order valence-corrected chi connectivity index (χ2v) is 5.52. The number of rotatable bonds is 5. The van der Waals surface area contributed by atoms with Crippen LogP contribution in [0.25, 0.3) is 0 Å². The number of hydrogen-bond donors (Lipinski definition) is 1. The highest BCUT2D eigenvalue weighted by molar-refractivity contribution is 14.0. The van der Waals surface area contributed by atoms with Crippen molar-refractivity contribution in [2.75, 3.05) is 14.1 Å². The van der Waals surface area contributed by atoms with Gasteiger partial charge in [0, 0.05) is 31.2 Å². The Bertz CT molecular complexity index is 555. The van der Waals surface area contributed by atoms with Crippen molar-refractivity contribution in [2.24, 2.45) is 4.99 Å². The van der Waals surface area contributed by atoms with Crippen molar-refractivity contribution in [3.63, 3.8) is 0 Å². The average Bonchev–Trinajstić information content (AvgIpc) is 3.10. The van der Waals surface area contributed by atoms with Gasteiger partial charge in [-0.25, -0.2) is 4.98 Å². The Kier molecular flexibility index (Phi) is 7.65. The molecule has 0 spiro atoms. The lowest BCUT2D eigenvalue weighted by atomic mass is 10.4. The monoisotopic (exact) mass is 421 g/mol. The van der Waals surface area contributed by atoms with Gasteiger partial charge in [0.1, 0.15) is 17.0 Å². The Morgan fingerprint density at radius 1 is 1.52 bits per heavy atom. The van der Waals surface area contributed by atoms with Crippen LogP contribution in [0.15, 0.2) is 28.0 Å². The summed E-state index contributed by atoms with van der Waals surface area (Å²) in [7, 11) is 3.73. The predicted molar refractivity (Wildman–Crippen MR) is 95.1 cm³/mol. The van der Waals surface area contributed by atoms with E-state index in [1.165, 1.54) is 4.88 Å². The Hall–Kier alpha value is -1.16. The Balaban J connectivity index is 0.00000220. The van der Waals surface area contributed by atoms with Crippen LogP contribution < -0.4 is 5.32 Å². The molecule has 0 bridgehead atoms. The van der Waals surface area contributed by atoms with Gasteiger partial charge in [-0.3, -0.25) is 4.99 Å². The molecule has 1 N–H and O–H groups in total. The SMILES string of the molecule is CCc1cnc(CNC(=NC)N(C)Cc2ccon2)s1.I. The molecule has 2 rings (SSSR count). The van der Waals surface area contributed by atoms with E-state index in [0.29, 0.717) is 13.1 Å². The molecular formula is C13H20IN5OS. The summed E-state index contributed by atoms with van der Waals surface area (Å²) in [5.74, 6) is 0.807. The highest BCUT2D eigenvalue weighted by Crippen LogP contribution is 2.13. The number of nitrogens with one attached hydrogen (secondary N) is 1. The fraction of sp³-hybridized carbons (Fsp3) is 0.462. The van der Waals surface area contributed by atoms with Gasteiger partial charge in [-0.05, 0) is 6.42 Å². The summed E-state index contributed by atoms with van der Waals surface area (Å²) in [4.78, 5) is 11.9. The fourth-order valence-corrected chi connectivity index (χ4v) is 2.57. The maximum Gasteiger partial charge on any atom is 0.194 e. The van der Waals surface area contributed by atoms with E-state index in [-0.39, 0.29) is 24.0 Å². The minimum absolute atomic E-state index is 0. The third-order valence-electron chi connectivity index (χ3n) is 2.81. The van der Waals surface area contributed by atoms with Crippen LogP contribution in [-0.4, -0.2) is 35.1 Å². The molecule has 6 nitrogen and oxygen atoms in total. The van der Waals surface area contributed by atoms with Gasteiger partial charge in [0.25, 0.3) is 0 Å². The highest BCUT2D eigenvalue weighted by Gasteiger charge is 2.09. The van der Waals surface area contributed by atoms with Gasteiger partial charge in [-0.15, -0.1) is 35.3 Å². The molecule has 0 unspecified atom stereocenters. The van der Waals surface area contributed by atoms with Gasteiger partial charge in [0.05, 0.1) is 13.1 Å². The second-order valence-electron chi connectivity index (χ2n) is 4.32. The van der Waals surface area contributed by atoms with Crippen LogP contribution in [0.1, 0.15) is 22.5 Å². The molecule has 0 aliphatic rings. The number of thiazole rings is 1. The molecule has 0 radical (unpaired) electrons. The number of nitrogens with zero attached hydrogens (tertiary/aromatic N) is 4. The van der Waals surface area contributed by atoms with Crippen molar-refractivity contribution in [1.29, 1.82) is 0 Å². The van der Waals surface area contributed by atoms with Crippen molar-refractivity contribution in [1.82, 2.24) is 20.4 Å². The Morgan fingerprint density at radius 2 is 2.33 bits per heavy atom. The third-order valence-corrected chi connectivity index (χ3v) is 3.95. The van der Waals surface area contributed by atoms with Crippen LogP contribution in [0.5, 0.6) is 0 Å². The molecule has 0 aliphatic carbocycles. The van der Waals surface area contributed by atoms with Crippen molar-refractivity contribution in [3.8, 4) is 0 Å². The molecular weight excluding hydrogens is 401 g/mol. The van der Waals surface area contributed by atoms with Crippen LogP contribution >= 0.6 is 35.3 Å². The van der Waals surface area contributed by atoms with E-state index in [9.17, 15) is 0 Å². The van der Waals surface area contributed by atoms with E-state index in [2.05, 4.69) is 27.4 Å². The summed E-state index contributed by atoms with van der Waals surface area (Å²) in [5.41, 5.74) is 0.873.